The van der Waals surface area contributed by atoms with Gasteiger partial charge in [-0.05, 0) is 53.9 Å². The van der Waals surface area contributed by atoms with Crippen molar-refractivity contribution in [3.8, 4) is 17.2 Å². The first-order valence-corrected chi connectivity index (χ1v) is 15.7. The summed E-state index contributed by atoms with van der Waals surface area (Å²) in [5, 5.41) is 11.6. The van der Waals surface area contributed by atoms with E-state index in [9.17, 15) is 14.7 Å². The Labute approximate surface area is 265 Å². The number of unbranched alkanes of at least 4 members (excludes halogenated alkanes) is 2. The quantitative estimate of drug-likeness (QED) is 0.109. The second-order valence-corrected chi connectivity index (χ2v) is 11.2. The number of hydrogen-bond donors (Lipinski definition) is 1. The lowest BCUT2D eigenvalue weighted by molar-refractivity contribution is -0.140. The Hall–Kier alpha value is -4.34. The van der Waals surface area contributed by atoms with Gasteiger partial charge in [-0.15, -0.1) is 0 Å². The normalized spacial score (nSPS) is 18.3. The Morgan fingerprint density at radius 3 is 2.38 bits per heavy atom. The van der Waals surface area contributed by atoms with Crippen LogP contribution in [-0.2, 0) is 20.9 Å². The molecule has 3 aromatic rings. The Bertz CT molecular complexity index is 1470. The topological polar surface area (TPSA) is 97.8 Å². The van der Waals surface area contributed by atoms with Gasteiger partial charge in [0.05, 0.1) is 38.5 Å². The molecule has 1 unspecified atom stereocenters. The highest BCUT2D eigenvalue weighted by atomic mass is 16.5. The van der Waals surface area contributed by atoms with Crippen molar-refractivity contribution in [2.75, 3.05) is 53.1 Å². The molecule has 2 saturated heterocycles. The standard InChI is InChI=1S/C36H42N2O7/c1-3-4-8-21-44-30-16-13-28(24-31(30)42-2)33-32(35(40)36(41)38(33)18-17-37-19-22-43-23-20-37)34(39)27-11-14-29(15-12-27)45-25-26-9-6-5-7-10-26/h5-7,9-16,24,33,39H,3-4,8,17-23,25H2,1-2H3/b34-32+. The van der Waals surface area contributed by atoms with Crippen LogP contribution in [-0.4, -0.2) is 79.7 Å². The zero-order valence-electron chi connectivity index (χ0n) is 26.1. The van der Waals surface area contributed by atoms with Gasteiger partial charge in [-0.1, -0.05) is 56.2 Å². The van der Waals surface area contributed by atoms with Crippen molar-refractivity contribution in [3.63, 3.8) is 0 Å². The molecule has 0 aliphatic carbocycles. The average molecular weight is 615 g/mol. The molecule has 0 aromatic heterocycles. The lowest BCUT2D eigenvalue weighted by Crippen LogP contribution is -2.42. The van der Waals surface area contributed by atoms with E-state index in [4.69, 9.17) is 18.9 Å². The molecule has 0 spiro atoms. The highest BCUT2D eigenvalue weighted by Gasteiger charge is 2.46. The third-order valence-corrected chi connectivity index (χ3v) is 8.19. The summed E-state index contributed by atoms with van der Waals surface area (Å²) in [7, 11) is 1.56. The van der Waals surface area contributed by atoms with E-state index in [0.29, 0.717) is 67.9 Å². The second-order valence-electron chi connectivity index (χ2n) is 11.2. The number of amides is 1. The fraction of sp³-hybridized carbons (Fsp3) is 0.389. The molecule has 5 rings (SSSR count). The third-order valence-electron chi connectivity index (χ3n) is 8.19. The van der Waals surface area contributed by atoms with Crippen LogP contribution in [0, 0.1) is 0 Å². The van der Waals surface area contributed by atoms with Gasteiger partial charge >= 0.3 is 0 Å². The van der Waals surface area contributed by atoms with Crippen LogP contribution in [0.1, 0.15) is 48.9 Å². The van der Waals surface area contributed by atoms with E-state index in [-0.39, 0.29) is 11.3 Å². The molecule has 2 heterocycles. The first-order valence-electron chi connectivity index (χ1n) is 15.7. The molecule has 9 nitrogen and oxygen atoms in total. The molecule has 0 bridgehead atoms. The van der Waals surface area contributed by atoms with Crippen molar-refractivity contribution in [1.82, 2.24) is 9.80 Å². The molecule has 9 heteroatoms. The van der Waals surface area contributed by atoms with Gasteiger partial charge in [0.1, 0.15) is 18.1 Å². The first kappa shape index (κ1) is 32.1. The summed E-state index contributed by atoms with van der Waals surface area (Å²) in [5.74, 6) is 0.119. The fourth-order valence-electron chi connectivity index (χ4n) is 5.64. The zero-order valence-corrected chi connectivity index (χ0v) is 26.1. The van der Waals surface area contributed by atoms with Crippen molar-refractivity contribution in [2.45, 2.75) is 38.8 Å². The number of nitrogens with zero attached hydrogens (tertiary/aromatic N) is 2. The number of Topliss-reactive ketones (excluding diaryl/α,β-unsaturated/α-hetero) is 1. The molecular formula is C36H42N2O7. The van der Waals surface area contributed by atoms with Crippen LogP contribution in [0.2, 0.25) is 0 Å². The Balaban J connectivity index is 1.44. The molecule has 1 N–H and O–H groups in total. The number of carbonyl (C=O) groups excluding carboxylic acids is 2. The van der Waals surface area contributed by atoms with E-state index in [1.54, 1.807) is 48.4 Å². The van der Waals surface area contributed by atoms with Gasteiger partial charge in [0.2, 0.25) is 0 Å². The molecule has 2 aliphatic rings. The van der Waals surface area contributed by atoms with Crippen LogP contribution in [0.25, 0.3) is 5.76 Å². The van der Waals surface area contributed by atoms with Crippen molar-refractivity contribution in [3.05, 3.63) is 95.1 Å². The molecule has 45 heavy (non-hydrogen) atoms. The third kappa shape index (κ3) is 7.85. The van der Waals surface area contributed by atoms with Crippen molar-refractivity contribution in [2.24, 2.45) is 0 Å². The van der Waals surface area contributed by atoms with Crippen LogP contribution >= 0.6 is 0 Å². The maximum Gasteiger partial charge on any atom is 0.295 e. The maximum atomic E-state index is 13.6. The molecule has 2 aliphatic heterocycles. The average Bonchev–Trinajstić information content (AvgIpc) is 3.34. The Morgan fingerprint density at radius 1 is 0.911 bits per heavy atom. The molecule has 0 saturated carbocycles. The lowest BCUT2D eigenvalue weighted by atomic mass is 9.95. The fourth-order valence-corrected chi connectivity index (χ4v) is 5.64. The van der Waals surface area contributed by atoms with E-state index in [0.717, 1.165) is 37.9 Å². The van der Waals surface area contributed by atoms with Gasteiger partial charge in [0.15, 0.2) is 11.5 Å². The number of morpholine rings is 1. The Kier molecular flexibility index (Phi) is 11.1. The van der Waals surface area contributed by atoms with Crippen LogP contribution in [0.4, 0.5) is 0 Å². The number of aliphatic hydroxyl groups is 1. The van der Waals surface area contributed by atoms with E-state index in [1.807, 2.05) is 36.4 Å². The molecule has 0 radical (unpaired) electrons. The SMILES string of the molecule is CCCCCOc1ccc(C2/C(=C(\O)c3ccc(OCc4ccccc4)cc3)C(=O)C(=O)N2CCN2CCOCC2)cc1OC. The highest BCUT2D eigenvalue weighted by Crippen LogP contribution is 2.42. The predicted octanol–water partition coefficient (Wildman–Crippen LogP) is 5.60. The van der Waals surface area contributed by atoms with Gasteiger partial charge in [-0.3, -0.25) is 14.5 Å². The van der Waals surface area contributed by atoms with Gasteiger partial charge in [0.25, 0.3) is 11.7 Å². The largest absolute Gasteiger partial charge is 0.507 e. The lowest BCUT2D eigenvalue weighted by Gasteiger charge is -2.31. The number of rotatable bonds is 14. The van der Waals surface area contributed by atoms with E-state index < -0.39 is 17.7 Å². The molecule has 238 valence electrons. The number of methoxy groups -OCH3 is 1. The summed E-state index contributed by atoms with van der Waals surface area (Å²) < 4.78 is 23.0. The minimum Gasteiger partial charge on any atom is -0.507 e. The number of aliphatic hydroxyl groups excluding tert-OH is 1. The predicted molar refractivity (Wildman–Crippen MR) is 171 cm³/mol. The highest BCUT2D eigenvalue weighted by molar-refractivity contribution is 6.46. The number of benzene rings is 3. The number of ketones is 1. The van der Waals surface area contributed by atoms with Crippen molar-refractivity contribution in [1.29, 1.82) is 0 Å². The van der Waals surface area contributed by atoms with Crippen molar-refractivity contribution >= 4 is 17.4 Å². The summed E-state index contributed by atoms with van der Waals surface area (Å²) in [6, 6.07) is 21.3. The summed E-state index contributed by atoms with van der Waals surface area (Å²) in [6.07, 6.45) is 3.09. The summed E-state index contributed by atoms with van der Waals surface area (Å²) in [5.41, 5.74) is 2.15. The summed E-state index contributed by atoms with van der Waals surface area (Å²) in [4.78, 5) is 30.9. The van der Waals surface area contributed by atoms with Crippen LogP contribution in [0.3, 0.4) is 0 Å². The minimum absolute atomic E-state index is 0.0404. The minimum atomic E-state index is -0.803. The zero-order chi connectivity index (χ0) is 31.6. The van der Waals surface area contributed by atoms with Gasteiger partial charge in [-0.25, -0.2) is 0 Å². The summed E-state index contributed by atoms with van der Waals surface area (Å²) >= 11 is 0. The van der Waals surface area contributed by atoms with Crippen LogP contribution < -0.4 is 14.2 Å². The van der Waals surface area contributed by atoms with Gasteiger partial charge < -0.3 is 29.0 Å². The Morgan fingerprint density at radius 2 is 1.67 bits per heavy atom. The van der Waals surface area contributed by atoms with Gasteiger partial charge in [-0.2, -0.15) is 0 Å². The van der Waals surface area contributed by atoms with Crippen LogP contribution in [0.15, 0.2) is 78.4 Å². The molecule has 2 fully saturated rings. The van der Waals surface area contributed by atoms with E-state index in [1.165, 1.54) is 0 Å². The van der Waals surface area contributed by atoms with E-state index >= 15 is 0 Å². The van der Waals surface area contributed by atoms with Crippen LogP contribution in [0.5, 0.6) is 17.2 Å². The smallest absolute Gasteiger partial charge is 0.295 e. The van der Waals surface area contributed by atoms with E-state index in [2.05, 4.69) is 11.8 Å². The monoisotopic (exact) mass is 614 g/mol. The van der Waals surface area contributed by atoms with Crippen molar-refractivity contribution < 1.29 is 33.6 Å². The second kappa shape index (κ2) is 15.6. The first-order chi connectivity index (χ1) is 22.0. The molecular weight excluding hydrogens is 572 g/mol. The number of hydrogen-bond acceptors (Lipinski definition) is 8. The molecule has 1 amide bonds. The van der Waals surface area contributed by atoms with Gasteiger partial charge in [0, 0.05) is 31.7 Å². The molecule has 3 aromatic carbocycles. The maximum absolute atomic E-state index is 13.6. The summed E-state index contributed by atoms with van der Waals surface area (Å²) in [6.45, 7) is 6.77. The number of carbonyl (C=O) groups is 2. The molecule has 1 atom stereocenters. The number of ether oxygens (including phenoxy) is 4. The number of likely N-dealkylation sites (tertiary alicyclic amines) is 1.